The van der Waals surface area contributed by atoms with E-state index < -0.39 is 0 Å². The van der Waals surface area contributed by atoms with Crippen LogP contribution in [0.1, 0.15) is 27.2 Å². The van der Waals surface area contributed by atoms with Gasteiger partial charge in [0.05, 0.1) is 6.04 Å². The van der Waals surface area contributed by atoms with Crippen molar-refractivity contribution in [2.45, 2.75) is 33.2 Å². The molecule has 0 amide bonds. The van der Waals surface area contributed by atoms with E-state index in [1.54, 1.807) is 0 Å². The maximum absolute atomic E-state index is 5.37. The van der Waals surface area contributed by atoms with Gasteiger partial charge in [-0.1, -0.05) is 20.8 Å². The molecular weight excluding hydrogens is 140 g/mol. The molecule has 0 bridgehead atoms. The lowest BCUT2D eigenvalue weighted by molar-refractivity contribution is 0.265. The van der Waals surface area contributed by atoms with Crippen molar-refractivity contribution in [2.24, 2.45) is 16.1 Å². The molecule has 0 aromatic rings. The topological polar surface area (TPSA) is 47.6 Å². The molecule has 3 heteroatoms. The zero-order chi connectivity index (χ0) is 8.48. The zero-order valence-electron chi connectivity index (χ0n) is 7.42. The third-order valence-electron chi connectivity index (χ3n) is 1.58. The minimum absolute atomic E-state index is 0.273. The lowest BCUT2D eigenvalue weighted by Crippen LogP contribution is -2.17. The molecule has 0 saturated heterocycles. The molecule has 0 aromatic carbocycles. The average Bonchev–Trinajstić information content (AvgIpc) is 2.10. The number of nitrogens with zero attached hydrogens (tertiary/aromatic N) is 1. The fraction of sp³-hybridized carbons (Fsp3) is 0.875. The van der Waals surface area contributed by atoms with Gasteiger partial charge in [0.1, 0.15) is 6.61 Å². The van der Waals surface area contributed by atoms with Crippen LogP contribution in [0.15, 0.2) is 4.99 Å². The van der Waals surface area contributed by atoms with Gasteiger partial charge in [-0.15, -0.1) is 0 Å². The second-order valence-corrected chi connectivity index (χ2v) is 4.20. The number of aliphatic imine (C=N–C) groups is 1. The first-order valence-electron chi connectivity index (χ1n) is 3.93. The van der Waals surface area contributed by atoms with Crippen LogP contribution in [0.3, 0.4) is 0 Å². The Morgan fingerprint density at radius 3 is 2.64 bits per heavy atom. The molecule has 1 rings (SSSR count). The normalized spacial score (nSPS) is 24.6. The summed E-state index contributed by atoms with van der Waals surface area (Å²) in [5.41, 5.74) is 5.68. The maximum Gasteiger partial charge on any atom is 0.282 e. The van der Waals surface area contributed by atoms with Gasteiger partial charge in [-0.3, -0.25) is 0 Å². The van der Waals surface area contributed by atoms with Crippen LogP contribution in [0.2, 0.25) is 0 Å². The van der Waals surface area contributed by atoms with Crippen molar-refractivity contribution in [2.75, 3.05) is 6.61 Å². The predicted molar refractivity (Wildman–Crippen MR) is 45.4 cm³/mol. The van der Waals surface area contributed by atoms with E-state index in [0.29, 0.717) is 18.0 Å². The summed E-state index contributed by atoms with van der Waals surface area (Å²) >= 11 is 0. The molecule has 1 heterocycles. The summed E-state index contributed by atoms with van der Waals surface area (Å²) in [6.07, 6.45) is 1.04. The van der Waals surface area contributed by atoms with Crippen LogP contribution in [0.4, 0.5) is 0 Å². The summed E-state index contributed by atoms with van der Waals surface area (Å²) in [6, 6.07) is 0.620. The standard InChI is InChI=1S/C8H16N2O/c1-8(2,3)4-6-5-11-7(9)10-6/h6H,4-5H2,1-3H3,(H2,9,10). The number of hydrogen-bond donors (Lipinski definition) is 1. The molecular formula is C8H16N2O. The van der Waals surface area contributed by atoms with E-state index in [-0.39, 0.29) is 6.04 Å². The van der Waals surface area contributed by atoms with Crippen LogP contribution in [-0.2, 0) is 4.74 Å². The van der Waals surface area contributed by atoms with Gasteiger partial charge in [-0.2, -0.15) is 0 Å². The van der Waals surface area contributed by atoms with Crippen molar-refractivity contribution in [3.63, 3.8) is 0 Å². The fourth-order valence-electron chi connectivity index (χ4n) is 1.25. The fourth-order valence-corrected chi connectivity index (χ4v) is 1.25. The number of nitrogens with two attached hydrogens (primary N) is 1. The van der Waals surface area contributed by atoms with Gasteiger partial charge in [0.2, 0.25) is 0 Å². The molecule has 3 nitrogen and oxygen atoms in total. The minimum atomic E-state index is 0.273. The summed E-state index contributed by atoms with van der Waals surface area (Å²) in [4.78, 5) is 4.15. The Bertz CT molecular complexity index is 169. The molecule has 0 fully saturated rings. The molecule has 1 atom stereocenters. The molecule has 64 valence electrons. The Morgan fingerprint density at radius 1 is 1.64 bits per heavy atom. The van der Waals surface area contributed by atoms with E-state index in [4.69, 9.17) is 10.5 Å². The maximum atomic E-state index is 5.37. The molecule has 0 saturated carbocycles. The Hall–Kier alpha value is -0.730. The summed E-state index contributed by atoms with van der Waals surface area (Å²) in [5.74, 6) is 0. The number of amidine groups is 1. The molecule has 11 heavy (non-hydrogen) atoms. The first-order valence-corrected chi connectivity index (χ1v) is 3.93. The molecule has 0 spiro atoms. The smallest absolute Gasteiger partial charge is 0.282 e. The highest BCUT2D eigenvalue weighted by molar-refractivity contribution is 5.72. The van der Waals surface area contributed by atoms with Crippen molar-refractivity contribution in [1.82, 2.24) is 0 Å². The van der Waals surface area contributed by atoms with Crippen LogP contribution in [0.25, 0.3) is 0 Å². The van der Waals surface area contributed by atoms with Gasteiger partial charge in [0.25, 0.3) is 6.02 Å². The first-order chi connectivity index (χ1) is 4.97. The van der Waals surface area contributed by atoms with Gasteiger partial charge >= 0.3 is 0 Å². The molecule has 0 aromatic heterocycles. The third kappa shape index (κ3) is 2.78. The molecule has 1 aliphatic rings. The van der Waals surface area contributed by atoms with Gasteiger partial charge in [-0.25, -0.2) is 4.99 Å². The SMILES string of the molecule is CC(C)(C)CC1COC(N)=N1. The highest BCUT2D eigenvalue weighted by atomic mass is 16.5. The summed E-state index contributed by atoms with van der Waals surface area (Å²) < 4.78 is 5.04. The second kappa shape index (κ2) is 2.72. The van der Waals surface area contributed by atoms with Crippen LogP contribution < -0.4 is 5.73 Å². The van der Waals surface area contributed by atoms with Crippen LogP contribution in [0.5, 0.6) is 0 Å². The van der Waals surface area contributed by atoms with Crippen LogP contribution in [-0.4, -0.2) is 18.7 Å². The van der Waals surface area contributed by atoms with Crippen molar-refractivity contribution >= 4 is 6.02 Å². The van der Waals surface area contributed by atoms with Crippen molar-refractivity contribution in [3.8, 4) is 0 Å². The van der Waals surface area contributed by atoms with Gasteiger partial charge in [0, 0.05) is 0 Å². The first kappa shape index (κ1) is 8.37. The van der Waals surface area contributed by atoms with Crippen LogP contribution >= 0.6 is 0 Å². The zero-order valence-corrected chi connectivity index (χ0v) is 7.42. The number of hydrogen-bond acceptors (Lipinski definition) is 3. The van der Waals surface area contributed by atoms with Crippen molar-refractivity contribution < 1.29 is 4.74 Å². The Morgan fingerprint density at radius 2 is 2.27 bits per heavy atom. The second-order valence-electron chi connectivity index (χ2n) is 4.20. The van der Waals surface area contributed by atoms with E-state index in [9.17, 15) is 0 Å². The van der Waals surface area contributed by atoms with Gasteiger partial charge < -0.3 is 10.5 Å². The van der Waals surface area contributed by atoms with E-state index in [1.165, 1.54) is 0 Å². The van der Waals surface area contributed by atoms with Crippen molar-refractivity contribution in [3.05, 3.63) is 0 Å². The lowest BCUT2D eigenvalue weighted by atomic mass is 9.89. The number of rotatable bonds is 1. The van der Waals surface area contributed by atoms with Crippen molar-refractivity contribution in [1.29, 1.82) is 0 Å². The average molecular weight is 156 g/mol. The minimum Gasteiger partial charge on any atom is -0.463 e. The highest BCUT2D eigenvalue weighted by Crippen LogP contribution is 2.23. The van der Waals surface area contributed by atoms with Gasteiger partial charge in [0.15, 0.2) is 0 Å². The molecule has 1 aliphatic heterocycles. The Balaban J connectivity index is 2.40. The Labute approximate surface area is 67.6 Å². The summed E-state index contributed by atoms with van der Waals surface area (Å²) in [7, 11) is 0. The van der Waals surface area contributed by atoms with E-state index >= 15 is 0 Å². The monoisotopic (exact) mass is 156 g/mol. The Kier molecular flexibility index (Phi) is 2.07. The largest absolute Gasteiger partial charge is 0.463 e. The van der Waals surface area contributed by atoms with Crippen LogP contribution in [0, 0.1) is 5.41 Å². The van der Waals surface area contributed by atoms with E-state index in [1.807, 2.05) is 0 Å². The lowest BCUT2D eigenvalue weighted by Gasteiger charge is -2.19. The van der Waals surface area contributed by atoms with Gasteiger partial charge in [-0.05, 0) is 11.8 Å². The molecule has 0 radical (unpaired) electrons. The van der Waals surface area contributed by atoms with E-state index in [0.717, 1.165) is 6.42 Å². The predicted octanol–water partition coefficient (Wildman–Crippen LogP) is 1.14. The highest BCUT2D eigenvalue weighted by Gasteiger charge is 2.22. The quantitative estimate of drug-likeness (QED) is 0.618. The molecule has 1 unspecified atom stereocenters. The number of ether oxygens (including phenoxy) is 1. The third-order valence-corrected chi connectivity index (χ3v) is 1.58. The van der Waals surface area contributed by atoms with E-state index in [2.05, 4.69) is 25.8 Å². The molecule has 0 aliphatic carbocycles. The molecule has 2 N–H and O–H groups in total. The summed E-state index contributed by atoms with van der Waals surface area (Å²) in [6.45, 7) is 7.23. The summed E-state index contributed by atoms with van der Waals surface area (Å²) in [5, 5.41) is 0.